The summed E-state index contributed by atoms with van der Waals surface area (Å²) in [5.74, 6) is 0.0614. The molecule has 1 amide bonds. The SMILES string of the molecule is CCCCC1(c2ccccc2)Nc2ccccc2C(=O)N1CCOC. The van der Waals surface area contributed by atoms with Crippen LogP contribution in [0.15, 0.2) is 54.6 Å². The molecule has 0 radical (unpaired) electrons. The van der Waals surface area contributed by atoms with Gasteiger partial charge in [0.2, 0.25) is 0 Å². The van der Waals surface area contributed by atoms with Crippen molar-refractivity contribution in [1.82, 2.24) is 4.90 Å². The first kappa shape index (κ1) is 17.5. The zero-order valence-corrected chi connectivity index (χ0v) is 15.0. The molecule has 1 N–H and O–H groups in total. The van der Waals surface area contributed by atoms with Gasteiger partial charge in [-0.1, -0.05) is 55.8 Å². The van der Waals surface area contributed by atoms with Crippen molar-refractivity contribution in [3.8, 4) is 0 Å². The monoisotopic (exact) mass is 338 g/mol. The lowest BCUT2D eigenvalue weighted by atomic mass is 9.87. The average molecular weight is 338 g/mol. The number of carbonyl (C=O) groups excluding carboxylic acids is 1. The predicted molar refractivity (Wildman–Crippen MR) is 101 cm³/mol. The molecule has 1 heterocycles. The summed E-state index contributed by atoms with van der Waals surface area (Å²) in [4.78, 5) is 15.3. The molecule has 0 bridgehead atoms. The number of benzene rings is 2. The number of carbonyl (C=O) groups is 1. The van der Waals surface area contributed by atoms with Crippen LogP contribution in [-0.2, 0) is 10.4 Å². The predicted octanol–water partition coefficient (Wildman–Crippen LogP) is 4.24. The van der Waals surface area contributed by atoms with E-state index in [0.717, 1.165) is 36.1 Å². The van der Waals surface area contributed by atoms with Crippen LogP contribution in [0, 0.1) is 0 Å². The van der Waals surface area contributed by atoms with E-state index in [-0.39, 0.29) is 5.91 Å². The summed E-state index contributed by atoms with van der Waals surface area (Å²) in [6.07, 6.45) is 2.96. The Hall–Kier alpha value is -2.33. The Morgan fingerprint density at radius 2 is 1.80 bits per heavy atom. The molecule has 0 aliphatic carbocycles. The molecule has 0 saturated heterocycles. The number of amides is 1. The number of anilines is 1. The summed E-state index contributed by atoms with van der Waals surface area (Å²) < 4.78 is 5.29. The van der Waals surface area contributed by atoms with Gasteiger partial charge in [0.1, 0.15) is 5.66 Å². The molecule has 4 heteroatoms. The number of rotatable bonds is 7. The minimum atomic E-state index is -0.540. The molecule has 25 heavy (non-hydrogen) atoms. The number of nitrogens with one attached hydrogen (secondary N) is 1. The molecule has 0 spiro atoms. The van der Waals surface area contributed by atoms with Crippen molar-refractivity contribution in [2.45, 2.75) is 31.8 Å². The van der Waals surface area contributed by atoms with Crippen molar-refractivity contribution in [1.29, 1.82) is 0 Å². The van der Waals surface area contributed by atoms with Gasteiger partial charge < -0.3 is 15.0 Å². The van der Waals surface area contributed by atoms with Crippen LogP contribution in [0.2, 0.25) is 0 Å². The minimum absolute atomic E-state index is 0.0614. The molecule has 1 atom stereocenters. The smallest absolute Gasteiger partial charge is 0.258 e. The van der Waals surface area contributed by atoms with Gasteiger partial charge in [-0.15, -0.1) is 0 Å². The molecule has 0 aromatic heterocycles. The second kappa shape index (κ2) is 7.70. The summed E-state index contributed by atoms with van der Waals surface area (Å²) in [5, 5.41) is 3.70. The first-order valence-corrected chi connectivity index (χ1v) is 8.96. The molecular formula is C21H26N2O2. The molecular weight excluding hydrogens is 312 g/mol. The van der Waals surface area contributed by atoms with Gasteiger partial charge in [-0.25, -0.2) is 0 Å². The largest absolute Gasteiger partial charge is 0.383 e. The van der Waals surface area contributed by atoms with E-state index >= 15 is 0 Å². The highest BCUT2D eigenvalue weighted by Gasteiger charge is 2.45. The van der Waals surface area contributed by atoms with Crippen molar-refractivity contribution in [2.75, 3.05) is 25.6 Å². The Kier molecular flexibility index (Phi) is 5.39. The van der Waals surface area contributed by atoms with Crippen molar-refractivity contribution < 1.29 is 9.53 Å². The lowest BCUT2D eigenvalue weighted by molar-refractivity contribution is 0.0362. The van der Waals surface area contributed by atoms with Gasteiger partial charge in [0.05, 0.1) is 12.2 Å². The summed E-state index contributed by atoms with van der Waals surface area (Å²) in [6.45, 7) is 3.24. The van der Waals surface area contributed by atoms with Gasteiger partial charge in [0.15, 0.2) is 0 Å². The lowest BCUT2D eigenvalue weighted by Gasteiger charge is -2.49. The van der Waals surface area contributed by atoms with Crippen LogP contribution >= 0.6 is 0 Å². The van der Waals surface area contributed by atoms with E-state index in [1.54, 1.807) is 7.11 Å². The summed E-state index contributed by atoms with van der Waals surface area (Å²) in [5.41, 5.74) is 2.20. The van der Waals surface area contributed by atoms with E-state index in [0.29, 0.717) is 13.2 Å². The van der Waals surface area contributed by atoms with Crippen LogP contribution in [-0.4, -0.2) is 31.1 Å². The molecule has 2 aromatic rings. The number of methoxy groups -OCH3 is 1. The maximum Gasteiger partial charge on any atom is 0.258 e. The zero-order valence-electron chi connectivity index (χ0n) is 15.0. The lowest BCUT2D eigenvalue weighted by Crippen LogP contribution is -2.58. The Morgan fingerprint density at radius 3 is 2.52 bits per heavy atom. The summed E-state index contributed by atoms with van der Waals surface area (Å²) in [6, 6.07) is 18.0. The Morgan fingerprint density at radius 1 is 1.08 bits per heavy atom. The topological polar surface area (TPSA) is 41.6 Å². The van der Waals surface area contributed by atoms with Gasteiger partial charge in [-0.05, 0) is 30.5 Å². The molecule has 3 rings (SSSR count). The quantitative estimate of drug-likeness (QED) is 0.821. The number of hydrogen-bond donors (Lipinski definition) is 1. The number of ether oxygens (including phenoxy) is 1. The van der Waals surface area contributed by atoms with Crippen LogP contribution < -0.4 is 5.32 Å². The maximum absolute atomic E-state index is 13.3. The number of para-hydroxylation sites is 1. The van der Waals surface area contributed by atoms with Crippen molar-refractivity contribution in [2.24, 2.45) is 0 Å². The molecule has 132 valence electrons. The Labute approximate surface area is 149 Å². The van der Waals surface area contributed by atoms with E-state index in [1.807, 2.05) is 47.4 Å². The van der Waals surface area contributed by atoms with E-state index in [9.17, 15) is 4.79 Å². The van der Waals surface area contributed by atoms with Crippen molar-refractivity contribution in [3.63, 3.8) is 0 Å². The van der Waals surface area contributed by atoms with Crippen LogP contribution in [0.5, 0.6) is 0 Å². The third-order valence-electron chi connectivity index (χ3n) is 4.87. The number of fused-ring (bicyclic) bond motifs is 1. The Bertz CT molecular complexity index is 717. The fraction of sp³-hybridized carbons (Fsp3) is 0.381. The van der Waals surface area contributed by atoms with Crippen LogP contribution in [0.1, 0.15) is 42.1 Å². The number of hydrogen-bond acceptors (Lipinski definition) is 3. The van der Waals surface area contributed by atoms with Gasteiger partial charge in [-0.3, -0.25) is 4.79 Å². The third kappa shape index (κ3) is 3.27. The highest BCUT2D eigenvalue weighted by Crippen LogP contribution is 2.41. The maximum atomic E-state index is 13.3. The summed E-state index contributed by atoms with van der Waals surface area (Å²) in [7, 11) is 1.67. The van der Waals surface area contributed by atoms with Crippen molar-refractivity contribution >= 4 is 11.6 Å². The molecule has 2 aromatic carbocycles. The zero-order chi connectivity index (χ0) is 17.7. The number of nitrogens with zero attached hydrogens (tertiary/aromatic N) is 1. The second-order valence-corrected chi connectivity index (χ2v) is 6.45. The number of unbranched alkanes of at least 4 members (excludes halogenated alkanes) is 1. The van der Waals surface area contributed by atoms with E-state index in [2.05, 4.69) is 24.4 Å². The normalized spacial score (nSPS) is 19.4. The first-order valence-electron chi connectivity index (χ1n) is 8.96. The van der Waals surface area contributed by atoms with Crippen LogP contribution in [0.25, 0.3) is 0 Å². The van der Waals surface area contributed by atoms with Crippen molar-refractivity contribution in [3.05, 3.63) is 65.7 Å². The second-order valence-electron chi connectivity index (χ2n) is 6.45. The average Bonchev–Trinajstić information content (AvgIpc) is 2.66. The highest BCUT2D eigenvalue weighted by molar-refractivity contribution is 6.02. The van der Waals surface area contributed by atoms with Crippen LogP contribution in [0.3, 0.4) is 0 Å². The first-order chi connectivity index (χ1) is 12.2. The molecule has 0 fully saturated rings. The van der Waals surface area contributed by atoms with Gasteiger partial charge in [-0.2, -0.15) is 0 Å². The third-order valence-corrected chi connectivity index (χ3v) is 4.87. The minimum Gasteiger partial charge on any atom is -0.383 e. The van der Waals surface area contributed by atoms with E-state index < -0.39 is 5.66 Å². The van der Waals surface area contributed by atoms with Gasteiger partial charge in [0, 0.05) is 19.3 Å². The fourth-order valence-electron chi connectivity index (χ4n) is 3.58. The summed E-state index contributed by atoms with van der Waals surface area (Å²) >= 11 is 0. The van der Waals surface area contributed by atoms with Crippen LogP contribution in [0.4, 0.5) is 5.69 Å². The molecule has 4 nitrogen and oxygen atoms in total. The van der Waals surface area contributed by atoms with E-state index in [1.165, 1.54) is 0 Å². The van der Waals surface area contributed by atoms with Gasteiger partial charge in [0.25, 0.3) is 5.91 Å². The standard InChI is InChI=1S/C21H26N2O2/c1-3-4-14-21(17-10-6-5-7-11-17)22-19-13-9-8-12-18(19)20(24)23(21)15-16-25-2/h5-13,22H,3-4,14-16H2,1-2H3. The fourth-order valence-corrected chi connectivity index (χ4v) is 3.58. The van der Waals surface area contributed by atoms with E-state index in [4.69, 9.17) is 4.74 Å². The molecule has 1 aliphatic heterocycles. The van der Waals surface area contributed by atoms with Gasteiger partial charge >= 0.3 is 0 Å². The highest BCUT2D eigenvalue weighted by atomic mass is 16.5. The Balaban J connectivity index is 2.13. The molecule has 0 saturated carbocycles. The molecule has 1 aliphatic rings. The molecule has 1 unspecified atom stereocenters.